The van der Waals surface area contributed by atoms with Gasteiger partial charge in [-0.05, 0) is 31.4 Å². The lowest BCUT2D eigenvalue weighted by atomic mass is 10.2. The molecule has 1 aromatic rings. The molecule has 3 N–H and O–H groups in total. The Hall–Kier alpha value is -2.15. The molecule has 2 heterocycles. The molecule has 1 amide bonds. The molecule has 1 aromatic heterocycles. The van der Waals surface area contributed by atoms with E-state index < -0.39 is 0 Å². The first-order valence-electron chi connectivity index (χ1n) is 9.65. The van der Waals surface area contributed by atoms with Gasteiger partial charge in [0.2, 0.25) is 0 Å². The molecule has 26 heavy (non-hydrogen) atoms. The minimum absolute atomic E-state index is 0.106. The Balaban J connectivity index is 1.34. The number of aromatic nitrogens is 1. The largest absolute Gasteiger partial charge is 0.355 e. The Morgan fingerprint density at radius 3 is 2.81 bits per heavy atom. The van der Waals surface area contributed by atoms with E-state index in [-0.39, 0.29) is 5.91 Å². The minimum Gasteiger partial charge on any atom is -0.355 e. The number of guanidine groups is 1. The molecule has 1 unspecified atom stereocenters. The van der Waals surface area contributed by atoms with Crippen LogP contribution in [0.4, 0.5) is 0 Å². The monoisotopic (exact) mass is 358 g/mol. The normalized spacial score (nSPS) is 21.7. The third-order valence-corrected chi connectivity index (χ3v) is 5.25. The summed E-state index contributed by atoms with van der Waals surface area (Å²) in [6.45, 7) is 3.45. The van der Waals surface area contributed by atoms with Gasteiger partial charge in [-0.15, -0.1) is 0 Å². The van der Waals surface area contributed by atoms with Crippen molar-refractivity contribution in [2.45, 2.75) is 44.2 Å². The van der Waals surface area contributed by atoms with E-state index >= 15 is 0 Å². The molecule has 1 atom stereocenters. The van der Waals surface area contributed by atoms with E-state index in [4.69, 9.17) is 0 Å². The molecule has 0 aromatic carbocycles. The van der Waals surface area contributed by atoms with E-state index in [0.29, 0.717) is 24.7 Å². The number of hydrogen-bond acceptors (Lipinski definition) is 4. The second kappa shape index (κ2) is 9.52. The number of amides is 1. The van der Waals surface area contributed by atoms with Gasteiger partial charge in [-0.2, -0.15) is 0 Å². The van der Waals surface area contributed by atoms with Crippen molar-refractivity contribution in [1.82, 2.24) is 25.8 Å². The van der Waals surface area contributed by atoms with E-state index in [1.54, 1.807) is 31.6 Å². The lowest BCUT2D eigenvalue weighted by molar-refractivity contribution is 0.0954. The van der Waals surface area contributed by atoms with Crippen LogP contribution in [-0.4, -0.2) is 67.1 Å². The summed E-state index contributed by atoms with van der Waals surface area (Å²) in [5.74, 6) is 0.699. The Kier molecular flexibility index (Phi) is 6.82. The van der Waals surface area contributed by atoms with Gasteiger partial charge in [-0.25, -0.2) is 0 Å². The number of likely N-dealkylation sites (tertiary alicyclic amines) is 1. The van der Waals surface area contributed by atoms with Gasteiger partial charge in [0.25, 0.3) is 5.91 Å². The summed E-state index contributed by atoms with van der Waals surface area (Å²) in [4.78, 5) is 22.9. The van der Waals surface area contributed by atoms with Crippen molar-refractivity contribution in [2.24, 2.45) is 4.99 Å². The van der Waals surface area contributed by atoms with E-state index in [1.165, 1.54) is 32.2 Å². The smallest absolute Gasteiger partial charge is 0.252 e. The fraction of sp³-hybridized carbons (Fsp3) is 0.632. The van der Waals surface area contributed by atoms with Gasteiger partial charge in [0, 0.05) is 57.7 Å². The minimum atomic E-state index is -0.106. The molecular formula is C19H30N6O. The quantitative estimate of drug-likeness (QED) is 0.401. The Labute approximate surface area is 155 Å². The zero-order valence-electron chi connectivity index (χ0n) is 15.6. The molecule has 3 rings (SSSR count). The van der Waals surface area contributed by atoms with E-state index in [1.807, 2.05) is 0 Å². The van der Waals surface area contributed by atoms with Gasteiger partial charge >= 0.3 is 0 Å². The molecule has 1 aliphatic heterocycles. The summed E-state index contributed by atoms with van der Waals surface area (Å²) in [5.41, 5.74) is 0.577. The summed E-state index contributed by atoms with van der Waals surface area (Å²) < 4.78 is 0. The highest BCUT2D eigenvalue weighted by molar-refractivity contribution is 5.93. The summed E-state index contributed by atoms with van der Waals surface area (Å²) in [6, 6.07) is 4.76. The second-order valence-electron chi connectivity index (χ2n) is 7.06. The molecule has 2 fully saturated rings. The average molecular weight is 358 g/mol. The van der Waals surface area contributed by atoms with Crippen LogP contribution in [0.25, 0.3) is 0 Å². The van der Waals surface area contributed by atoms with Crippen LogP contribution in [0, 0.1) is 0 Å². The van der Waals surface area contributed by atoms with E-state index in [2.05, 4.69) is 30.8 Å². The number of nitrogens with zero attached hydrogens (tertiary/aromatic N) is 3. The maximum Gasteiger partial charge on any atom is 0.252 e. The number of pyridine rings is 1. The molecule has 1 saturated carbocycles. The first kappa shape index (κ1) is 18.6. The molecule has 142 valence electrons. The molecule has 2 aliphatic rings. The van der Waals surface area contributed by atoms with Gasteiger partial charge in [0.1, 0.15) is 0 Å². The third-order valence-electron chi connectivity index (χ3n) is 5.25. The number of rotatable bonds is 6. The highest BCUT2D eigenvalue weighted by atomic mass is 16.1. The SMILES string of the molecule is CN=C(NCCNC(=O)c1cccnc1)NC1CCN(C2CCCC2)C1. The van der Waals surface area contributed by atoms with E-state index in [0.717, 1.165) is 25.0 Å². The topological polar surface area (TPSA) is 81.6 Å². The number of hydrogen-bond donors (Lipinski definition) is 3. The second-order valence-corrected chi connectivity index (χ2v) is 7.06. The van der Waals surface area contributed by atoms with Gasteiger partial charge in [0.15, 0.2) is 5.96 Å². The van der Waals surface area contributed by atoms with Crippen molar-refractivity contribution in [1.29, 1.82) is 0 Å². The van der Waals surface area contributed by atoms with Crippen LogP contribution in [0.5, 0.6) is 0 Å². The maximum atomic E-state index is 12.0. The molecular weight excluding hydrogens is 328 g/mol. The number of carbonyl (C=O) groups excluding carboxylic acids is 1. The first-order valence-corrected chi connectivity index (χ1v) is 9.65. The predicted molar refractivity (Wildman–Crippen MR) is 103 cm³/mol. The highest BCUT2D eigenvalue weighted by Crippen LogP contribution is 2.26. The van der Waals surface area contributed by atoms with Gasteiger partial charge in [0.05, 0.1) is 5.56 Å². The van der Waals surface area contributed by atoms with Crippen molar-refractivity contribution in [3.63, 3.8) is 0 Å². The molecule has 0 spiro atoms. The van der Waals surface area contributed by atoms with Gasteiger partial charge < -0.3 is 16.0 Å². The summed E-state index contributed by atoms with van der Waals surface area (Å²) >= 11 is 0. The molecule has 0 bridgehead atoms. The molecule has 1 aliphatic carbocycles. The zero-order valence-corrected chi connectivity index (χ0v) is 15.6. The Morgan fingerprint density at radius 1 is 1.27 bits per heavy atom. The fourth-order valence-electron chi connectivity index (χ4n) is 3.85. The van der Waals surface area contributed by atoms with Crippen LogP contribution < -0.4 is 16.0 Å². The van der Waals surface area contributed by atoms with Crippen LogP contribution in [0.15, 0.2) is 29.5 Å². The van der Waals surface area contributed by atoms with Crippen LogP contribution >= 0.6 is 0 Å². The van der Waals surface area contributed by atoms with E-state index in [9.17, 15) is 4.79 Å². The van der Waals surface area contributed by atoms with Crippen molar-refractivity contribution in [3.05, 3.63) is 30.1 Å². The van der Waals surface area contributed by atoms with Crippen molar-refractivity contribution in [3.8, 4) is 0 Å². The third kappa shape index (κ3) is 5.17. The standard InChI is InChI=1S/C19H30N6O/c1-20-19(23-11-10-22-18(26)15-5-4-9-21-13-15)24-16-8-12-25(14-16)17-6-2-3-7-17/h4-5,9,13,16-17H,2-3,6-8,10-12,14H2,1H3,(H,22,26)(H2,20,23,24). The Morgan fingerprint density at radius 2 is 2.08 bits per heavy atom. The maximum absolute atomic E-state index is 12.0. The first-order chi connectivity index (χ1) is 12.8. The van der Waals surface area contributed by atoms with Crippen LogP contribution in [0.2, 0.25) is 0 Å². The lowest BCUT2D eigenvalue weighted by Crippen LogP contribution is -2.47. The zero-order chi connectivity index (χ0) is 18.2. The van der Waals surface area contributed by atoms with Crippen molar-refractivity contribution >= 4 is 11.9 Å². The molecule has 1 saturated heterocycles. The highest BCUT2D eigenvalue weighted by Gasteiger charge is 2.30. The average Bonchev–Trinajstić information content (AvgIpc) is 3.36. The van der Waals surface area contributed by atoms with Crippen LogP contribution in [0.1, 0.15) is 42.5 Å². The lowest BCUT2D eigenvalue weighted by Gasteiger charge is -2.24. The predicted octanol–water partition coefficient (Wildman–Crippen LogP) is 0.993. The van der Waals surface area contributed by atoms with Crippen molar-refractivity contribution < 1.29 is 4.79 Å². The molecule has 7 heteroatoms. The summed E-state index contributed by atoms with van der Waals surface area (Å²) in [7, 11) is 1.78. The Bertz CT molecular complexity index is 599. The van der Waals surface area contributed by atoms with Gasteiger partial charge in [-0.1, -0.05) is 12.8 Å². The number of carbonyl (C=O) groups is 1. The number of nitrogens with one attached hydrogen (secondary N) is 3. The van der Waals surface area contributed by atoms with Crippen molar-refractivity contribution in [2.75, 3.05) is 33.2 Å². The summed E-state index contributed by atoms with van der Waals surface area (Å²) in [6.07, 6.45) is 9.87. The van der Waals surface area contributed by atoms with Gasteiger partial charge in [-0.3, -0.25) is 19.7 Å². The van der Waals surface area contributed by atoms with Crippen LogP contribution in [0.3, 0.4) is 0 Å². The molecule has 0 radical (unpaired) electrons. The summed E-state index contributed by atoms with van der Waals surface area (Å²) in [5, 5.41) is 9.67. The fourth-order valence-corrected chi connectivity index (χ4v) is 3.85. The number of aliphatic imine (C=N–C) groups is 1. The molecule has 7 nitrogen and oxygen atoms in total. The van der Waals surface area contributed by atoms with Crippen LogP contribution in [-0.2, 0) is 0 Å².